The maximum atomic E-state index is 12.0. The average Bonchev–Trinajstić information content (AvgIpc) is 3.31. The van der Waals surface area contributed by atoms with E-state index >= 15 is 0 Å². The molecule has 10 heteroatoms. The number of amides is 1. The number of hydrogen-bond acceptors (Lipinski definition) is 9. The summed E-state index contributed by atoms with van der Waals surface area (Å²) >= 11 is 2.81. The van der Waals surface area contributed by atoms with Crippen molar-refractivity contribution in [2.24, 2.45) is 0 Å². The van der Waals surface area contributed by atoms with Gasteiger partial charge in [0.1, 0.15) is 5.76 Å². The fourth-order valence-corrected chi connectivity index (χ4v) is 3.98. The first-order chi connectivity index (χ1) is 13.8. The van der Waals surface area contributed by atoms with Crippen molar-refractivity contribution in [1.29, 1.82) is 0 Å². The average molecular weight is 441 g/mol. The second kappa shape index (κ2) is 11.3. The lowest BCUT2D eigenvalue weighted by atomic mass is 9.94. The Hall–Kier alpha value is -1.94. The first-order valence-electron chi connectivity index (χ1n) is 9.56. The van der Waals surface area contributed by atoms with Crippen LogP contribution < -0.4 is 5.32 Å². The van der Waals surface area contributed by atoms with Gasteiger partial charge in [-0.1, -0.05) is 56.7 Å². The Morgan fingerprint density at radius 1 is 1.17 bits per heavy atom. The number of hydrogen-bond donors (Lipinski definition) is 1. The molecule has 2 aromatic rings. The van der Waals surface area contributed by atoms with E-state index in [0.29, 0.717) is 29.6 Å². The zero-order chi connectivity index (χ0) is 21.3. The van der Waals surface area contributed by atoms with Crippen LogP contribution >= 0.6 is 23.1 Å². The second-order valence-corrected chi connectivity index (χ2v) is 9.77. The number of nitrogens with zero attached hydrogens (tertiary/aromatic N) is 3. The number of methoxy groups -OCH3 is 1. The van der Waals surface area contributed by atoms with E-state index < -0.39 is 0 Å². The molecule has 0 saturated heterocycles. The summed E-state index contributed by atoms with van der Waals surface area (Å²) in [5.41, 5.74) is -0.0720. The number of rotatable bonds is 11. The van der Waals surface area contributed by atoms with Crippen molar-refractivity contribution in [2.75, 3.05) is 12.4 Å². The largest absolute Gasteiger partial charge is 0.469 e. The molecule has 2 aromatic heterocycles. The summed E-state index contributed by atoms with van der Waals surface area (Å²) in [5.74, 6) is 1.79. The quantitative estimate of drug-likeness (QED) is 0.234. The van der Waals surface area contributed by atoms with Crippen LogP contribution in [0, 0.1) is 0 Å². The normalized spacial score (nSPS) is 11.4. The van der Waals surface area contributed by atoms with Crippen LogP contribution in [-0.2, 0) is 25.5 Å². The number of carbonyl (C=O) groups excluding carboxylic acids is 2. The molecule has 0 bridgehead atoms. The topological polar surface area (TPSA) is 107 Å². The number of thioether (sulfide) groups is 1. The van der Waals surface area contributed by atoms with Gasteiger partial charge in [-0.15, -0.1) is 10.2 Å². The highest BCUT2D eigenvalue weighted by Crippen LogP contribution is 2.30. The number of oxazole rings is 1. The van der Waals surface area contributed by atoms with Gasteiger partial charge in [-0.05, 0) is 12.8 Å². The lowest BCUT2D eigenvalue weighted by molar-refractivity contribution is -0.140. The third kappa shape index (κ3) is 8.53. The lowest BCUT2D eigenvalue weighted by Crippen LogP contribution is -2.10. The van der Waals surface area contributed by atoms with Crippen molar-refractivity contribution in [3.8, 4) is 0 Å². The van der Waals surface area contributed by atoms with E-state index in [1.165, 1.54) is 30.2 Å². The summed E-state index contributed by atoms with van der Waals surface area (Å²) in [6, 6.07) is 0. The summed E-state index contributed by atoms with van der Waals surface area (Å²) in [6.07, 6.45) is 5.97. The number of unbranched alkanes of at least 4 members (excludes halogenated alkanes) is 3. The van der Waals surface area contributed by atoms with E-state index in [0.717, 1.165) is 35.8 Å². The van der Waals surface area contributed by atoms with Crippen LogP contribution in [0.4, 0.5) is 5.13 Å². The van der Waals surface area contributed by atoms with Crippen LogP contribution in [-0.4, -0.2) is 34.2 Å². The predicted molar refractivity (Wildman–Crippen MR) is 113 cm³/mol. The van der Waals surface area contributed by atoms with Gasteiger partial charge in [-0.25, -0.2) is 4.98 Å². The van der Waals surface area contributed by atoms with Crippen LogP contribution in [0.3, 0.4) is 0 Å². The molecule has 1 N–H and O–H groups in total. The minimum absolute atomic E-state index is 0.0720. The zero-order valence-electron chi connectivity index (χ0n) is 17.3. The van der Waals surface area contributed by atoms with Gasteiger partial charge in [-0.2, -0.15) is 0 Å². The van der Waals surface area contributed by atoms with E-state index in [-0.39, 0.29) is 17.3 Å². The van der Waals surface area contributed by atoms with Gasteiger partial charge in [0, 0.05) is 18.3 Å². The third-order valence-corrected chi connectivity index (χ3v) is 5.98. The molecule has 0 unspecified atom stereocenters. The maximum absolute atomic E-state index is 12.0. The first kappa shape index (κ1) is 23.3. The summed E-state index contributed by atoms with van der Waals surface area (Å²) in [7, 11) is 1.39. The smallest absolute Gasteiger partial charge is 0.305 e. The highest BCUT2D eigenvalue weighted by Gasteiger charge is 2.19. The molecule has 160 valence electrons. The summed E-state index contributed by atoms with van der Waals surface area (Å²) < 4.78 is 11.1. The number of nitrogens with one attached hydrogen (secondary N) is 1. The van der Waals surface area contributed by atoms with Crippen LogP contribution in [0.2, 0.25) is 0 Å². The monoisotopic (exact) mass is 440 g/mol. The standard InChI is InChI=1S/C19H28N4O4S2/c1-19(2,3)13-11-20-15(27-13)12-28-18-23-22-17(29-18)21-14(24)9-7-5-6-8-10-16(25)26-4/h11H,5-10,12H2,1-4H3,(H,21,22,24). The molecule has 2 rings (SSSR count). The van der Waals surface area contributed by atoms with Gasteiger partial charge in [0.15, 0.2) is 4.34 Å². The fourth-order valence-electron chi connectivity index (χ4n) is 2.36. The van der Waals surface area contributed by atoms with E-state index in [1.807, 2.05) is 0 Å². The first-order valence-corrected chi connectivity index (χ1v) is 11.4. The van der Waals surface area contributed by atoms with Crippen LogP contribution in [0.5, 0.6) is 0 Å². The molecule has 0 aromatic carbocycles. The van der Waals surface area contributed by atoms with Crippen molar-refractivity contribution >= 4 is 40.1 Å². The van der Waals surface area contributed by atoms with Gasteiger partial charge < -0.3 is 14.5 Å². The van der Waals surface area contributed by atoms with Crippen LogP contribution in [0.1, 0.15) is 70.9 Å². The maximum Gasteiger partial charge on any atom is 0.305 e. The number of anilines is 1. The van der Waals surface area contributed by atoms with Crippen molar-refractivity contribution in [1.82, 2.24) is 15.2 Å². The van der Waals surface area contributed by atoms with Crippen molar-refractivity contribution in [3.63, 3.8) is 0 Å². The molecular weight excluding hydrogens is 412 g/mol. The third-order valence-electron chi connectivity index (χ3n) is 4.03. The molecule has 2 heterocycles. The molecular formula is C19H28N4O4S2. The molecule has 29 heavy (non-hydrogen) atoms. The second-order valence-electron chi connectivity index (χ2n) is 7.57. The van der Waals surface area contributed by atoms with Crippen molar-refractivity contribution in [3.05, 3.63) is 17.8 Å². The summed E-state index contributed by atoms with van der Waals surface area (Å²) in [6.45, 7) is 6.23. The van der Waals surface area contributed by atoms with Crippen molar-refractivity contribution < 1.29 is 18.7 Å². The minimum Gasteiger partial charge on any atom is -0.469 e. The Morgan fingerprint density at radius 2 is 1.90 bits per heavy atom. The van der Waals surface area contributed by atoms with E-state index in [4.69, 9.17) is 4.42 Å². The molecule has 0 saturated carbocycles. The molecule has 1 amide bonds. The van der Waals surface area contributed by atoms with Crippen LogP contribution in [0.25, 0.3) is 0 Å². The number of ether oxygens (including phenoxy) is 1. The molecule has 0 atom stereocenters. The number of esters is 1. The Bertz CT molecular complexity index is 798. The zero-order valence-corrected chi connectivity index (χ0v) is 19.0. The number of aromatic nitrogens is 3. The van der Waals surface area contributed by atoms with Gasteiger partial charge in [0.05, 0.1) is 19.1 Å². The highest BCUT2D eigenvalue weighted by molar-refractivity contribution is 8.00. The molecule has 8 nitrogen and oxygen atoms in total. The van der Waals surface area contributed by atoms with Crippen LogP contribution in [0.15, 0.2) is 15.0 Å². The Kier molecular flexibility index (Phi) is 9.09. The highest BCUT2D eigenvalue weighted by atomic mass is 32.2. The summed E-state index contributed by atoms with van der Waals surface area (Å²) in [5, 5.41) is 11.4. The molecule has 0 fully saturated rings. The lowest BCUT2D eigenvalue weighted by Gasteiger charge is -2.12. The van der Waals surface area contributed by atoms with E-state index in [2.05, 4.69) is 46.0 Å². The predicted octanol–water partition coefficient (Wildman–Crippen LogP) is 4.57. The number of carbonyl (C=O) groups is 2. The molecule has 0 aliphatic carbocycles. The molecule has 0 aliphatic rings. The van der Waals surface area contributed by atoms with E-state index in [9.17, 15) is 9.59 Å². The minimum atomic E-state index is -0.190. The SMILES string of the molecule is COC(=O)CCCCCCC(=O)Nc1nnc(SCc2ncc(C(C)(C)C)o2)s1. The van der Waals surface area contributed by atoms with Crippen molar-refractivity contribution in [2.45, 2.75) is 74.8 Å². The molecule has 0 spiro atoms. The Balaban J connectivity index is 1.65. The Morgan fingerprint density at radius 3 is 2.55 bits per heavy atom. The van der Waals surface area contributed by atoms with Gasteiger partial charge in [-0.3, -0.25) is 9.59 Å². The molecule has 0 radical (unpaired) electrons. The summed E-state index contributed by atoms with van der Waals surface area (Å²) in [4.78, 5) is 27.3. The fraction of sp³-hybridized carbons (Fsp3) is 0.632. The Labute approximate surface area is 179 Å². The van der Waals surface area contributed by atoms with Gasteiger partial charge >= 0.3 is 5.97 Å². The molecule has 0 aliphatic heterocycles. The van der Waals surface area contributed by atoms with Gasteiger partial charge in [0.25, 0.3) is 0 Å². The van der Waals surface area contributed by atoms with E-state index in [1.54, 1.807) is 6.20 Å². The van der Waals surface area contributed by atoms with Gasteiger partial charge in [0.2, 0.25) is 16.9 Å².